The number of ether oxygens (including phenoxy) is 2. The van der Waals surface area contributed by atoms with Crippen LogP contribution in [0.4, 0.5) is 11.6 Å². The van der Waals surface area contributed by atoms with Crippen LogP contribution in [0.1, 0.15) is 23.0 Å². The Balaban J connectivity index is 1.35. The van der Waals surface area contributed by atoms with E-state index in [0.29, 0.717) is 41.8 Å². The van der Waals surface area contributed by atoms with Crippen molar-refractivity contribution in [2.75, 3.05) is 17.2 Å². The molecule has 1 aromatic carbocycles. The lowest BCUT2D eigenvalue weighted by Gasteiger charge is -2.19. The standard InChI is InChI=1S/C25H22N6O5/c1-16(32)28-22-13-18(9-10-26-22)36-19-7-8-21(27-14-19)29-24(33)23-20-15-35-12-11-30(20)31(25(23)34)17-5-3-2-4-6-17/h2-10,13-14H,11-12,15H2,1H3,(H,26,28,32)(H,27,29,33). The van der Waals surface area contributed by atoms with Gasteiger partial charge in [-0.05, 0) is 30.3 Å². The van der Waals surface area contributed by atoms with Gasteiger partial charge in [-0.25, -0.2) is 14.6 Å². The van der Waals surface area contributed by atoms with Gasteiger partial charge in [0, 0.05) is 19.2 Å². The topological polar surface area (TPSA) is 129 Å². The molecule has 11 heteroatoms. The lowest BCUT2D eigenvalue weighted by Crippen LogP contribution is -2.26. The summed E-state index contributed by atoms with van der Waals surface area (Å²) in [7, 11) is 0. The van der Waals surface area contributed by atoms with Crippen molar-refractivity contribution in [3.05, 3.63) is 88.6 Å². The predicted octanol–water partition coefficient (Wildman–Crippen LogP) is 2.96. The molecule has 4 aromatic rings. The second kappa shape index (κ2) is 9.84. The molecule has 182 valence electrons. The summed E-state index contributed by atoms with van der Waals surface area (Å²) < 4.78 is 14.6. The highest BCUT2D eigenvalue weighted by atomic mass is 16.5. The first-order valence-corrected chi connectivity index (χ1v) is 11.2. The minimum absolute atomic E-state index is 0.0166. The molecule has 1 aliphatic rings. The summed E-state index contributed by atoms with van der Waals surface area (Å²) in [5, 5.41) is 5.27. The molecule has 0 unspecified atom stereocenters. The molecule has 0 spiro atoms. The molecule has 36 heavy (non-hydrogen) atoms. The highest BCUT2D eigenvalue weighted by Crippen LogP contribution is 2.24. The van der Waals surface area contributed by atoms with Gasteiger partial charge in [-0.3, -0.25) is 19.1 Å². The molecule has 2 N–H and O–H groups in total. The van der Waals surface area contributed by atoms with Crippen LogP contribution in [0.15, 0.2) is 71.8 Å². The summed E-state index contributed by atoms with van der Waals surface area (Å²) in [6.07, 6.45) is 2.95. The lowest BCUT2D eigenvalue weighted by atomic mass is 10.2. The molecule has 3 aromatic heterocycles. The van der Waals surface area contributed by atoms with E-state index in [0.717, 1.165) is 0 Å². The number of aromatic nitrogens is 4. The van der Waals surface area contributed by atoms with Crippen molar-refractivity contribution in [3.63, 3.8) is 0 Å². The molecule has 2 amide bonds. The van der Waals surface area contributed by atoms with E-state index in [9.17, 15) is 14.4 Å². The van der Waals surface area contributed by atoms with Crippen LogP contribution in [-0.2, 0) is 22.7 Å². The Morgan fingerprint density at radius 1 is 1.00 bits per heavy atom. The molecule has 0 aliphatic carbocycles. The van der Waals surface area contributed by atoms with Crippen molar-refractivity contribution in [2.24, 2.45) is 0 Å². The highest BCUT2D eigenvalue weighted by Gasteiger charge is 2.28. The molecule has 0 saturated carbocycles. The van der Waals surface area contributed by atoms with E-state index in [2.05, 4.69) is 20.6 Å². The first kappa shape index (κ1) is 23.0. The van der Waals surface area contributed by atoms with E-state index < -0.39 is 11.5 Å². The molecule has 1 aliphatic heterocycles. The van der Waals surface area contributed by atoms with Crippen molar-refractivity contribution >= 4 is 23.5 Å². The zero-order chi connectivity index (χ0) is 25.1. The second-order valence-electron chi connectivity index (χ2n) is 7.94. The molecular weight excluding hydrogens is 464 g/mol. The van der Waals surface area contributed by atoms with Gasteiger partial charge in [-0.2, -0.15) is 0 Å². The number of benzene rings is 1. The number of nitrogens with zero attached hydrogens (tertiary/aromatic N) is 4. The summed E-state index contributed by atoms with van der Waals surface area (Å²) in [5.74, 6) is 0.664. The van der Waals surface area contributed by atoms with E-state index in [4.69, 9.17) is 9.47 Å². The summed E-state index contributed by atoms with van der Waals surface area (Å²) in [6.45, 7) is 2.45. The number of amides is 2. The molecule has 4 heterocycles. The average Bonchev–Trinajstić information content (AvgIpc) is 3.17. The summed E-state index contributed by atoms with van der Waals surface area (Å²) in [4.78, 5) is 45.9. The number of rotatable bonds is 6. The number of fused-ring (bicyclic) bond motifs is 1. The predicted molar refractivity (Wildman–Crippen MR) is 130 cm³/mol. The van der Waals surface area contributed by atoms with E-state index in [1.807, 2.05) is 30.3 Å². The molecule has 0 bridgehead atoms. The van der Waals surface area contributed by atoms with Crippen LogP contribution in [0.3, 0.4) is 0 Å². The maximum atomic E-state index is 13.3. The largest absolute Gasteiger partial charge is 0.456 e. The third-order valence-corrected chi connectivity index (χ3v) is 5.41. The quantitative estimate of drug-likeness (QED) is 0.429. The van der Waals surface area contributed by atoms with Gasteiger partial charge in [0.2, 0.25) is 5.91 Å². The summed E-state index contributed by atoms with van der Waals surface area (Å²) >= 11 is 0. The fourth-order valence-electron chi connectivity index (χ4n) is 3.90. The van der Waals surface area contributed by atoms with Crippen molar-refractivity contribution in [2.45, 2.75) is 20.1 Å². The molecule has 11 nitrogen and oxygen atoms in total. The van der Waals surface area contributed by atoms with Gasteiger partial charge in [0.25, 0.3) is 11.5 Å². The van der Waals surface area contributed by atoms with Crippen molar-refractivity contribution < 1.29 is 19.1 Å². The number of hydrogen-bond donors (Lipinski definition) is 2. The molecule has 0 saturated heterocycles. The van der Waals surface area contributed by atoms with E-state index in [1.165, 1.54) is 24.0 Å². The second-order valence-corrected chi connectivity index (χ2v) is 7.94. The minimum Gasteiger partial charge on any atom is -0.456 e. The number of nitrogens with one attached hydrogen (secondary N) is 2. The fourth-order valence-corrected chi connectivity index (χ4v) is 3.90. The number of anilines is 2. The number of pyridine rings is 2. The molecule has 0 radical (unpaired) electrons. The van der Waals surface area contributed by atoms with Gasteiger partial charge >= 0.3 is 0 Å². The number of hydrogen-bond acceptors (Lipinski definition) is 7. The van der Waals surface area contributed by atoms with Crippen LogP contribution in [0.25, 0.3) is 5.69 Å². The average molecular weight is 486 g/mol. The zero-order valence-electron chi connectivity index (χ0n) is 19.3. The Kier molecular flexibility index (Phi) is 6.29. The summed E-state index contributed by atoms with van der Waals surface area (Å²) in [6, 6.07) is 15.6. The first-order chi connectivity index (χ1) is 17.5. The van der Waals surface area contributed by atoms with Gasteiger partial charge < -0.3 is 20.1 Å². The van der Waals surface area contributed by atoms with Gasteiger partial charge in [-0.1, -0.05) is 18.2 Å². The Morgan fingerprint density at radius 2 is 1.83 bits per heavy atom. The maximum absolute atomic E-state index is 13.3. The van der Waals surface area contributed by atoms with Crippen molar-refractivity contribution in [3.8, 4) is 17.2 Å². The molecule has 0 fully saturated rings. The van der Waals surface area contributed by atoms with Crippen LogP contribution in [-0.4, -0.2) is 37.8 Å². The van der Waals surface area contributed by atoms with Crippen LogP contribution in [0.5, 0.6) is 11.5 Å². The van der Waals surface area contributed by atoms with Gasteiger partial charge in [0.1, 0.15) is 28.7 Å². The molecule has 5 rings (SSSR count). The normalized spacial score (nSPS) is 12.5. The number of para-hydroxylation sites is 1. The lowest BCUT2D eigenvalue weighted by molar-refractivity contribution is -0.114. The van der Waals surface area contributed by atoms with Crippen molar-refractivity contribution in [1.82, 2.24) is 19.3 Å². The Hall–Kier alpha value is -4.77. The summed E-state index contributed by atoms with van der Waals surface area (Å²) in [5.41, 5.74) is 0.775. The highest BCUT2D eigenvalue weighted by molar-refractivity contribution is 6.04. The van der Waals surface area contributed by atoms with E-state index in [-0.39, 0.29) is 23.9 Å². The minimum atomic E-state index is -0.570. The molecular formula is C25H22N6O5. The zero-order valence-corrected chi connectivity index (χ0v) is 19.3. The van der Waals surface area contributed by atoms with Gasteiger partial charge in [-0.15, -0.1) is 0 Å². The van der Waals surface area contributed by atoms with Crippen LogP contribution < -0.4 is 20.9 Å². The maximum Gasteiger partial charge on any atom is 0.284 e. The van der Waals surface area contributed by atoms with E-state index in [1.54, 1.807) is 28.9 Å². The third kappa shape index (κ3) is 4.72. The SMILES string of the molecule is CC(=O)Nc1cc(Oc2ccc(NC(=O)c3c4n(n(-c5ccccc5)c3=O)CCOC4)nc2)ccn1. The van der Waals surface area contributed by atoms with Crippen LogP contribution in [0, 0.1) is 0 Å². The van der Waals surface area contributed by atoms with E-state index >= 15 is 0 Å². The number of carbonyl (C=O) groups is 2. The van der Waals surface area contributed by atoms with Crippen molar-refractivity contribution in [1.29, 1.82) is 0 Å². The fraction of sp³-hybridized carbons (Fsp3) is 0.160. The Labute approximate surface area is 205 Å². The van der Waals surface area contributed by atoms with Crippen LogP contribution in [0.2, 0.25) is 0 Å². The third-order valence-electron chi connectivity index (χ3n) is 5.41. The first-order valence-electron chi connectivity index (χ1n) is 11.2. The van der Waals surface area contributed by atoms with Gasteiger partial charge in [0.05, 0.1) is 37.3 Å². The van der Waals surface area contributed by atoms with Crippen LogP contribution >= 0.6 is 0 Å². The monoisotopic (exact) mass is 486 g/mol. The smallest absolute Gasteiger partial charge is 0.284 e. The number of carbonyl (C=O) groups excluding carboxylic acids is 2. The Bertz CT molecular complexity index is 1480. The molecule has 0 atom stereocenters. The Morgan fingerprint density at radius 3 is 2.58 bits per heavy atom. The van der Waals surface area contributed by atoms with Gasteiger partial charge in [0.15, 0.2) is 0 Å².